The number of nitrogens with zero attached hydrogens (tertiary/aromatic N) is 1. The summed E-state index contributed by atoms with van der Waals surface area (Å²) in [6.45, 7) is 7.51. The average Bonchev–Trinajstić information content (AvgIpc) is 2.95. The van der Waals surface area contributed by atoms with Gasteiger partial charge in [-0.05, 0) is 65.0 Å². The molecule has 2 N–H and O–H groups in total. The molecule has 7 heteroatoms. The smallest absolute Gasteiger partial charge is 0.340 e. The number of amides is 1. The van der Waals surface area contributed by atoms with Gasteiger partial charge in [0, 0.05) is 12.2 Å². The Hall–Kier alpha value is -2.80. The Morgan fingerprint density at radius 3 is 2.48 bits per heavy atom. The van der Waals surface area contributed by atoms with E-state index in [-0.39, 0.29) is 18.1 Å². The number of carbonyl (C=O) groups is 2. The summed E-state index contributed by atoms with van der Waals surface area (Å²) in [5.41, 5.74) is 3.04. The van der Waals surface area contributed by atoms with Gasteiger partial charge in [-0.1, -0.05) is 12.1 Å². The van der Waals surface area contributed by atoms with Crippen molar-refractivity contribution in [2.45, 2.75) is 39.8 Å². The van der Waals surface area contributed by atoms with Crippen LogP contribution in [0.4, 0.5) is 0 Å². The summed E-state index contributed by atoms with van der Waals surface area (Å²) in [4.78, 5) is 30.2. The third-order valence-corrected chi connectivity index (χ3v) is 4.77. The Balaban J connectivity index is 2.17. The monoisotopic (exact) mass is 401 g/mol. The summed E-state index contributed by atoms with van der Waals surface area (Å²) < 4.78 is 10.6. The van der Waals surface area contributed by atoms with E-state index in [1.165, 1.54) is 0 Å². The van der Waals surface area contributed by atoms with Gasteiger partial charge in [0.15, 0.2) is 0 Å². The summed E-state index contributed by atoms with van der Waals surface area (Å²) in [5.74, 6) is 0.0848. The van der Waals surface area contributed by atoms with E-state index in [9.17, 15) is 9.59 Å². The minimum absolute atomic E-state index is 0.0317. The predicted octanol–water partition coefficient (Wildman–Crippen LogP) is 3.24. The van der Waals surface area contributed by atoms with Gasteiger partial charge >= 0.3 is 5.97 Å². The molecule has 2 rings (SSSR count). The number of hydrogen-bond donors (Lipinski definition) is 2. The summed E-state index contributed by atoms with van der Waals surface area (Å²) in [5, 5.41) is 2.97. The molecule has 2 aromatic rings. The zero-order valence-electron chi connectivity index (χ0n) is 18.3. The fourth-order valence-corrected chi connectivity index (χ4v) is 3.28. The van der Waals surface area contributed by atoms with Crippen molar-refractivity contribution in [1.29, 1.82) is 0 Å². The second-order valence-corrected chi connectivity index (χ2v) is 7.55. The Morgan fingerprint density at radius 2 is 1.90 bits per heavy atom. The summed E-state index contributed by atoms with van der Waals surface area (Å²) in [6, 6.07) is 7.75. The molecule has 1 heterocycles. The highest BCUT2D eigenvalue weighted by Crippen LogP contribution is 2.23. The molecule has 158 valence electrons. The zero-order chi connectivity index (χ0) is 21.7. The van der Waals surface area contributed by atoms with Gasteiger partial charge in [-0.25, -0.2) is 4.79 Å². The van der Waals surface area contributed by atoms with E-state index >= 15 is 0 Å². The van der Waals surface area contributed by atoms with Crippen LogP contribution in [-0.4, -0.2) is 55.6 Å². The fourth-order valence-electron chi connectivity index (χ4n) is 3.28. The fraction of sp³-hybridized carbons (Fsp3) is 0.455. The van der Waals surface area contributed by atoms with Crippen molar-refractivity contribution in [3.8, 4) is 5.75 Å². The maximum Gasteiger partial charge on any atom is 0.340 e. The molecule has 0 radical (unpaired) electrons. The lowest BCUT2D eigenvalue weighted by atomic mass is 10.1. The summed E-state index contributed by atoms with van der Waals surface area (Å²) in [7, 11) is 5.55. The topological polar surface area (TPSA) is 83.7 Å². The number of ether oxygens (including phenoxy) is 2. The number of nitrogens with one attached hydrogen (secondary N) is 2. The summed E-state index contributed by atoms with van der Waals surface area (Å²) in [6.07, 6.45) is -0.225. The standard InChI is InChI=1S/C22H31N3O4/c1-13(2)29-22(27)19-14(3)20(24-15(19)4)21(26)23-12-18(25(5)6)16-9-8-10-17(11-16)28-7/h8-11,13,18,24H,12H2,1-7H3,(H,23,26). The van der Waals surface area contributed by atoms with Crippen molar-refractivity contribution < 1.29 is 19.1 Å². The Kier molecular flexibility index (Phi) is 7.45. The van der Waals surface area contributed by atoms with E-state index in [0.29, 0.717) is 29.1 Å². The molecule has 1 amide bonds. The third kappa shape index (κ3) is 5.38. The van der Waals surface area contributed by atoms with E-state index in [1.54, 1.807) is 34.8 Å². The van der Waals surface area contributed by atoms with Crippen LogP contribution in [-0.2, 0) is 4.74 Å². The zero-order valence-corrected chi connectivity index (χ0v) is 18.3. The lowest BCUT2D eigenvalue weighted by Gasteiger charge is -2.25. The molecule has 7 nitrogen and oxygen atoms in total. The molecular formula is C22H31N3O4. The number of rotatable bonds is 8. The number of aryl methyl sites for hydroxylation is 1. The quantitative estimate of drug-likeness (QED) is 0.664. The maximum atomic E-state index is 12.8. The van der Waals surface area contributed by atoms with Gasteiger partial charge in [0.2, 0.25) is 0 Å². The number of esters is 1. The molecule has 0 aliphatic rings. The van der Waals surface area contributed by atoms with E-state index in [0.717, 1.165) is 11.3 Å². The second kappa shape index (κ2) is 9.60. The molecule has 1 atom stereocenters. The number of likely N-dealkylation sites (N-methyl/N-ethyl adjacent to an activating group) is 1. The number of benzene rings is 1. The van der Waals surface area contributed by atoms with E-state index in [1.807, 2.05) is 43.3 Å². The Bertz CT molecular complexity index is 871. The number of aromatic nitrogens is 1. The lowest BCUT2D eigenvalue weighted by Crippen LogP contribution is -2.35. The van der Waals surface area contributed by atoms with Crippen LogP contribution in [0.1, 0.15) is 57.6 Å². The minimum Gasteiger partial charge on any atom is -0.497 e. The first-order chi connectivity index (χ1) is 13.6. The molecule has 0 saturated carbocycles. The first-order valence-electron chi connectivity index (χ1n) is 9.64. The van der Waals surface area contributed by atoms with Crippen LogP contribution in [0, 0.1) is 13.8 Å². The first-order valence-corrected chi connectivity index (χ1v) is 9.64. The lowest BCUT2D eigenvalue weighted by molar-refractivity contribution is 0.0376. The van der Waals surface area contributed by atoms with Crippen molar-refractivity contribution in [3.05, 3.63) is 52.3 Å². The van der Waals surface area contributed by atoms with Crippen molar-refractivity contribution >= 4 is 11.9 Å². The number of aromatic amines is 1. The van der Waals surface area contributed by atoms with Gasteiger partial charge in [-0.15, -0.1) is 0 Å². The predicted molar refractivity (Wildman–Crippen MR) is 113 cm³/mol. The number of hydrogen-bond acceptors (Lipinski definition) is 5. The van der Waals surface area contributed by atoms with Crippen molar-refractivity contribution in [2.75, 3.05) is 27.7 Å². The highest BCUT2D eigenvalue weighted by Gasteiger charge is 2.24. The Morgan fingerprint density at radius 1 is 1.21 bits per heavy atom. The molecule has 0 bridgehead atoms. The number of carbonyl (C=O) groups excluding carboxylic acids is 2. The van der Waals surface area contributed by atoms with E-state index in [2.05, 4.69) is 10.3 Å². The van der Waals surface area contributed by atoms with Gasteiger partial charge < -0.3 is 24.7 Å². The van der Waals surface area contributed by atoms with Crippen molar-refractivity contribution in [1.82, 2.24) is 15.2 Å². The van der Waals surface area contributed by atoms with Gasteiger partial charge in [0.25, 0.3) is 5.91 Å². The highest BCUT2D eigenvalue weighted by molar-refractivity contribution is 6.00. The van der Waals surface area contributed by atoms with Crippen LogP contribution in [0.25, 0.3) is 0 Å². The van der Waals surface area contributed by atoms with Gasteiger partial charge in [-0.3, -0.25) is 4.79 Å². The summed E-state index contributed by atoms with van der Waals surface area (Å²) >= 11 is 0. The highest BCUT2D eigenvalue weighted by atomic mass is 16.5. The van der Waals surface area contributed by atoms with Gasteiger partial charge in [0.05, 0.1) is 24.8 Å². The molecule has 0 aliphatic carbocycles. The van der Waals surface area contributed by atoms with Crippen LogP contribution < -0.4 is 10.1 Å². The molecule has 29 heavy (non-hydrogen) atoms. The van der Waals surface area contributed by atoms with Crippen LogP contribution in [0.3, 0.4) is 0 Å². The maximum absolute atomic E-state index is 12.8. The van der Waals surface area contributed by atoms with Crippen LogP contribution in [0.2, 0.25) is 0 Å². The molecule has 1 unspecified atom stereocenters. The molecule has 0 spiro atoms. The largest absolute Gasteiger partial charge is 0.497 e. The third-order valence-electron chi connectivity index (χ3n) is 4.77. The SMILES string of the molecule is COc1cccc(C(CNC(=O)c2[nH]c(C)c(C(=O)OC(C)C)c2C)N(C)C)c1. The first kappa shape index (κ1) is 22.5. The van der Waals surface area contributed by atoms with Crippen LogP contribution >= 0.6 is 0 Å². The molecule has 0 saturated heterocycles. The van der Waals surface area contributed by atoms with Crippen LogP contribution in [0.5, 0.6) is 5.75 Å². The number of methoxy groups -OCH3 is 1. The number of H-pyrrole nitrogens is 1. The van der Waals surface area contributed by atoms with Crippen LogP contribution in [0.15, 0.2) is 24.3 Å². The minimum atomic E-state index is -0.423. The normalized spacial score (nSPS) is 12.2. The van der Waals surface area contributed by atoms with Crippen molar-refractivity contribution in [3.63, 3.8) is 0 Å². The van der Waals surface area contributed by atoms with Gasteiger partial charge in [0.1, 0.15) is 11.4 Å². The molecular weight excluding hydrogens is 370 g/mol. The van der Waals surface area contributed by atoms with E-state index < -0.39 is 5.97 Å². The Labute approximate surface area is 172 Å². The molecule has 1 aromatic heterocycles. The molecule has 0 fully saturated rings. The van der Waals surface area contributed by atoms with Gasteiger partial charge in [-0.2, -0.15) is 0 Å². The van der Waals surface area contributed by atoms with E-state index in [4.69, 9.17) is 9.47 Å². The molecule has 0 aliphatic heterocycles. The second-order valence-electron chi connectivity index (χ2n) is 7.55. The average molecular weight is 402 g/mol. The van der Waals surface area contributed by atoms with Crippen molar-refractivity contribution in [2.24, 2.45) is 0 Å². The molecule has 1 aromatic carbocycles.